The van der Waals surface area contributed by atoms with Crippen LogP contribution in [0, 0.1) is 21.8 Å². The Labute approximate surface area is 110 Å². The minimum atomic E-state index is -0.503. The number of rotatable bonds is 2. The molecule has 6 heteroatoms. The summed E-state index contributed by atoms with van der Waals surface area (Å²) < 4.78 is 13.9. The van der Waals surface area contributed by atoms with Gasteiger partial charge in [-0.3, -0.25) is 15.5 Å². The lowest BCUT2D eigenvalue weighted by Crippen LogP contribution is -2.39. The summed E-state index contributed by atoms with van der Waals surface area (Å²) in [6.45, 7) is 0. The van der Waals surface area contributed by atoms with Crippen LogP contribution in [-0.2, 0) is 0 Å². The summed E-state index contributed by atoms with van der Waals surface area (Å²) in [5, 5.41) is 10.9. The fourth-order valence-corrected chi connectivity index (χ4v) is 3.26. The number of benzene rings is 1. The fourth-order valence-electron chi connectivity index (χ4n) is 3.26. The second-order valence-electron chi connectivity index (χ2n) is 5.31. The molecule has 0 amide bonds. The molecule has 1 aromatic rings. The molecule has 19 heavy (non-hydrogen) atoms. The predicted octanol–water partition coefficient (Wildman–Crippen LogP) is 1.79. The first kappa shape index (κ1) is 12.5. The molecule has 5 nitrogen and oxygen atoms in total. The molecule has 0 spiro atoms. The van der Waals surface area contributed by atoms with Gasteiger partial charge in [-0.1, -0.05) is 18.2 Å². The van der Waals surface area contributed by atoms with Gasteiger partial charge in [-0.15, -0.1) is 0 Å². The Bertz CT molecular complexity index is 497. The first-order valence-corrected chi connectivity index (χ1v) is 6.56. The Kier molecular flexibility index (Phi) is 3.20. The maximum Gasteiger partial charge on any atom is 0.213 e. The molecule has 1 saturated heterocycles. The van der Waals surface area contributed by atoms with Gasteiger partial charge in [-0.2, -0.15) is 0 Å². The normalized spacial score (nSPS) is 33.9. The molecule has 1 saturated carbocycles. The zero-order valence-corrected chi connectivity index (χ0v) is 10.4. The number of hydrogen-bond acceptors (Lipinski definition) is 4. The summed E-state index contributed by atoms with van der Waals surface area (Å²) in [4.78, 5) is 10.7. The van der Waals surface area contributed by atoms with Crippen LogP contribution in [-0.4, -0.2) is 17.0 Å². The van der Waals surface area contributed by atoms with Crippen molar-refractivity contribution in [2.24, 2.45) is 5.92 Å². The van der Waals surface area contributed by atoms with E-state index in [4.69, 9.17) is 0 Å². The molecule has 3 rings (SSSR count). The highest BCUT2D eigenvalue weighted by molar-refractivity contribution is 5.23. The topological polar surface area (TPSA) is 67.2 Å². The molecule has 0 radical (unpaired) electrons. The van der Waals surface area contributed by atoms with E-state index >= 15 is 0 Å². The monoisotopic (exact) mass is 265 g/mol. The maximum atomic E-state index is 13.9. The quantitative estimate of drug-likeness (QED) is 0.632. The summed E-state index contributed by atoms with van der Waals surface area (Å²) in [6.07, 6.45) is 1.85. The van der Waals surface area contributed by atoms with Crippen LogP contribution >= 0.6 is 0 Å². The van der Waals surface area contributed by atoms with Crippen molar-refractivity contribution >= 4 is 0 Å². The van der Waals surface area contributed by atoms with E-state index in [9.17, 15) is 14.5 Å². The standard InChI is InChI=1S/C13H16FN3O2/c14-11-4-2-1-3-9(11)13-10-7-8(17(18)19)5-6-12(10)15-16-13/h1-4,8,10,12-13,15-16H,5-7H2. The molecule has 1 aromatic carbocycles. The molecular weight excluding hydrogens is 249 g/mol. The molecule has 4 unspecified atom stereocenters. The molecule has 1 aliphatic carbocycles. The third-order valence-electron chi connectivity index (χ3n) is 4.26. The molecule has 2 N–H and O–H groups in total. The fraction of sp³-hybridized carbons (Fsp3) is 0.538. The highest BCUT2D eigenvalue weighted by Crippen LogP contribution is 2.39. The maximum absolute atomic E-state index is 13.9. The number of hydrogen-bond donors (Lipinski definition) is 2. The summed E-state index contributed by atoms with van der Waals surface area (Å²) in [7, 11) is 0. The van der Waals surface area contributed by atoms with Gasteiger partial charge < -0.3 is 0 Å². The van der Waals surface area contributed by atoms with Crippen molar-refractivity contribution in [3.05, 3.63) is 45.8 Å². The highest BCUT2D eigenvalue weighted by atomic mass is 19.1. The van der Waals surface area contributed by atoms with Crippen LogP contribution in [0.2, 0.25) is 0 Å². The van der Waals surface area contributed by atoms with E-state index in [0.29, 0.717) is 18.4 Å². The van der Waals surface area contributed by atoms with Crippen molar-refractivity contribution in [1.82, 2.24) is 10.9 Å². The zero-order chi connectivity index (χ0) is 13.4. The van der Waals surface area contributed by atoms with E-state index in [1.165, 1.54) is 6.07 Å². The van der Waals surface area contributed by atoms with Gasteiger partial charge in [0.25, 0.3) is 0 Å². The number of halogens is 1. The van der Waals surface area contributed by atoms with Crippen molar-refractivity contribution in [2.45, 2.75) is 37.4 Å². The van der Waals surface area contributed by atoms with Crippen molar-refractivity contribution in [1.29, 1.82) is 0 Å². The summed E-state index contributed by atoms with van der Waals surface area (Å²) in [6, 6.07) is 6.12. The Balaban J connectivity index is 1.84. The molecule has 0 aromatic heterocycles. The summed E-state index contributed by atoms with van der Waals surface area (Å²) in [5.74, 6) is -0.188. The smallest absolute Gasteiger partial charge is 0.213 e. The Morgan fingerprint density at radius 1 is 1.26 bits per heavy atom. The molecule has 2 fully saturated rings. The number of hydrazine groups is 1. The molecule has 4 atom stereocenters. The van der Waals surface area contributed by atoms with E-state index in [1.807, 2.05) is 0 Å². The number of nitrogens with zero attached hydrogens (tertiary/aromatic N) is 1. The van der Waals surface area contributed by atoms with Crippen molar-refractivity contribution < 1.29 is 9.31 Å². The van der Waals surface area contributed by atoms with Crippen LogP contribution in [0.4, 0.5) is 4.39 Å². The van der Waals surface area contributed by atoms with Gasteiger partial charge >= 0.3 is 0 Å². The number of nitro groups is 1. The third-order valence-corrected chi connectivity index (χ3v) is 4.26. The third kappa shape index (κ3) is 2.21. The Morgan fingerprint density at radius 2 is 2.05 bits per heavy atom. The van der Waals surface area contributed by atoms with Gasteiger partial charge in [-0.05, 0) is 12.5 Å². The van der Waals surface area contributed by atoms with Gasteiger partial charge in [0.15, 0.2) is 0 Å². The number of nitrogens with one attached hydrogen (secondary N) is 2. The van der Waals surface area contributed by atoms with Crippen LogP contribution in [0.15, 0.2) is 24.3 Å². The average molecular weight is 265 g/mol. The zero-order valence-electron chi connectivity index (χ0n) is 10.4. The van der Waals surface area contributed by atoms with E-state index < -0.39 is 6.04 Å². The van der Waals surface area contributed by atoms with Crippen molar-refractivity contribution in [2.75, 3.05) is 0 Å². The van der Waals surface area contributed by atoms with E-state index in [-0.39, 0.29) is 28.7 Å². The molecule has 1 heterocycles. The molecular formula is C13H16FN3O2. The largest absolute Gasteiger partial charge is 0.264 e. The van der Waals surface area contributed by atoms with Gasteiger partial charge in [0.05, 0.1) is 6.04 Å². The van der Waals surface area contributed by atoms with Gasteiger partial charge in [-0.25, -0.2) is 9.82 Å². The van der Waals surface area contributed by atoms with Crippen molar-refractivity contribution in [3.8, 4) is 0 Å². The van der Waals surface area contributed by atoms with Crippen LogP contribution < -0.4 is 10.9 Å². The molecule has 1 aliphatic heterocycles. The first-order chi connectivity index (χ1) is 9.16. The van der Waals surface area contributed by atoms with Crippen LogP contribution in [0.3, 0.4) is 0 Å². The van der Waals surface area contributed by atoms with Crippen LogP contribution in [0.5, 0.6) is 0 Å². The molecule has 2 aliphatic rings. The first-order valence-electron chi connectivity index (χ1n) is 6.56. The summed E-state index contributed by atoms with van der Waals surface area (Å²) >= 11 is 0. The Morgan fingerprint density at radius 3 is 2.79 bits per heavy atom. The predicted molar refractivity (Wildman–Crippen MR) is 67.3 cm³/mol. The SMILES string of the molecule is O=[N+]([O-])C1CCC2NNC(c3ccccc3F)C2C1. The van der Waals surface area contributed by atoms with Gasteiger partial charge in [0.2, 0.25) is 6.04 Å². The van der Waals surface area contributed by atoms with Gasteiger partial charge in [0, 0.05) is 35.3 Å². The minimum absolute atomic E-state index is 0.0704. The second-order valence-corrected chi connectivity index (χ2v) is 5.31. The lowest BCUT2D eigenvalue weighted by atomic mass is 9.77. The number of fused-ring (bicyclic) bond motifs is 1. The van der Waals surface area contributed by atoms with E-state index in [0.717, 1.165) is 6.42 Å². The second kappa shape index (κ2) is 4.86. The lowest BCUT2D eigenvalue weighted by Gasteiger charge is -2.29. The molecule has 102 valence electrons. The van der Waals surface area contributed by atoms with E-state index in [2.05, 4.69) is 10.9 Å². The van der Waals surface area contributed by atoms with Crippen molar-refractivity contribution in [3.63, 3.8) is 0 Å². The average Bonchev–Trinajstić information content (AvgIpc) is 2.82. The lowest BCUT2D eigenvalue weighted by molar-refractivity contribution is -0.528. The van der Waals surface area contributed by atoms with E-state index in [1.54, 1.807) is 18.2 Å². The summed E-state index contributed by atoms with van der Waals surface area (Å²) in [5.41, 5.74) is 6.85. The van der Waals surface area contributed by atoms with Gasteiger partial charge in [0.1, 0.15) is 5.82 Å². The van der Waals surface area contributed by atoms with Crippen LogP contribution in [0.25, 0.3) is 0 Å². The Hall–Kier alpha value is -1.53. The minimum Gasteiger partial charge on any atom is -0.264 e. The van der Waals surface area contributed by atoms with Crippen LogP contribution in [0.1, 0.15) is 30.9 Å². The molecule has 0 bridgehead atoms. The highest BCUT2D eigenvalue weighted by Gasteiger charge is 2.44.